The highest BCUT2D eigenvalue weighted by Gasteiger charge is 2.54. The van der Waals surface area contributed by atoms with Crippen molar-refractivity contribution in [2.75, 3.05) is 25.5 Å². The summed E-state index contributed by atoms with van der Waals surface area (Å²) in [7, 11) is 1.24. The lowest BCUT2D eigenvalue weighted by Crippen LogP contribution is -2.51. The molecule has 0 bridgehead atoms. The van der Waals surface area contributed by atoms with E-state index in [1.807, 2.05) is 13.8 Å². The number of H-pyrrole nitrogens is 1. The highest BCUT2D eigenvalue weighted by molar-refractivity contribution is 5.88. The smallest absolute Gasteiger partial charge is 0.328 e. The van der Waals surface area contributed by atoms with E-state index in [0.717, 1.165) is 38.5 Å². The van der Waals surface area contributed by atoms with Crippen LogP contribution in [0.2, 0.25) is 0 Å². The molecular formula is C53H93N7O9. The zero-order chi connectivity index (χ0) is 50.1. The Balaban J connectivity index is 1.79. The van der Waals surface area contributed by atoms with Crippen molar-refractivity contribution in [3.63, 3.8) is 0 Å². The SMILES string of the molecule is CCCCCCCCCCCCCCCC(=O)O[C@@H]1[C@H](OC(=O)CCCCCCCCCCCCCCC)[C@@H](C(=O)N[C@@H](CCCCN)C(=O)OC)O[C@H]1n1cnc2c(=O)[nH]c(NCC(C)C)nc21. The van der Waals surface area contributed by atoms with Crippen molar-refractivity contribution in [2.45, 2.75) is 257 Å². The molecule has 0 spiro atoms. The van der Waals surface area contributed by atoms with Crippen molar-refractivity contribution in [3.8, 4) is 0 Å². The average Bonchev–Trinajstić information content (AvgIpc) is 3.91. The lowest BCUT2D eigenvalue weighted by atomic mass is 10.0. The molecule has 0 aromatic carbocycles. The van der Waals surface area contributed by atoms with Gasteiger partial charge in [-0.1, -0.05) is 182 Å². The van der Waals surface area contributed by atoms with Crippen molar-refractivity contribution in [1.82, 2.24) is 24.8 Å². The van der Waals surface area contributed by atoms with E-state index >= 15 is 0 Å². The van der Waals surface area contributed by atoms with Gasteiger partial charge in [-0.05, 0) is 44.6 Å². The summed E-state index contributed by atoms with van der Waals surface area (Å²) >= 11 is 0. The van der Waals surface area contributed by atoms with E-state index in [0.29, 0.717) is 38.8 Å². The van der Waals surface area contributed by atoms with E-state index in [1.54, 1.807) is 0 Å². The fraction of sp³-hybridized carbons (Fsp3) is 0.830. The summed E-state index contributed by atoms with van der Waals surface area (Å²) in [6, 6.07) is -1.04. The third kappa shape index (κ3) is 23.2. The predicted molar refractivity (Wildman–Crippen MR) is 273 cm³/mol. The van der Waals surface area contributed by atoms with Gasteiger partial charge in [-0.15, -0.1) is 0 Å². The van der Waals surface area contributed by atoms with Crippen molar-refractivity contribution >= 4 is 40.9 Å². The number of aromatic amines is 1. The molecule has 394 valence electrons. The van der Waals surface area contributed by atoms with Gasteiger partial charge in [-0.3, -0.25) is 28.7 Å². The van der Waals surface area contributed by atoms with Crippen LogP contribution >= 0.6 is 0 Å². The number of nitrogens with zero attached hydrogens (tertiary/aromatic N) is 3. The molecule has 1 saturated heterocycles. The van der Waals surface area contributed by atoms with E-state index in [9.17, 15) is 24.0 Å². The van der Waals surface area contributed by atoms with Gasteiger partial charge in [0.1, 0.15) is 6.04 Å². The average molecular weight is 972 g/mol. The first-order valence-electron chi connectivity index (χ1n) is 27.4. The minimum atomic E-state index is -1.53. The molecule has 1 aliphatic rings. The number of rotatable bonds is 41. The van der Waals surface area contributed by atoms with Gasteiger partial charge in [0.2, 0.25) is 5.95 Å². The second kappa shape index (κ2) is 36.0. The van der Waals surface area contributed by atoms with Crippen LogP contribution in [0.1, 0.15) is 233 Å². The fourth-order valence-corrected chi connectivity index (χ4v) is 8.96. The molecule has 16 heteroatoms. The number of esters is 3. The van der Waals surface area contributed by atoms with Gasteiger partial charge in [-0.2, -0.15) is 4.98 Å². The Morgan fingerprint density at radius 1 is 0.710 bits per heavy atom. The van der Waals surface area contributed by atoms with E-state index in [-0.39, 0.29) is 42.3 Å². The summed E-state index contributed by atoms with van der Waals surface area (Å²) in [5.74, 6) is -2.08. The van der Waals surface area contributed by atoms with Crippen LogP contribution in [0.3, 0.4) is 0 Å². The van der Waals surface area contributed by atoms with Gasteiger partial charge in [0, 0.05) is 19.4 Å². The first kappa shape index (κ1) is 59.3. The molecule has 0 saturated carbocycles. The first-order chi connectivity index (χ1) is 33.5. The number of amides is 1. The molecule has 1 aliphatic heterocycles. The Labute approximate surface area is 413 Å². The molecule has 0 aliphatic carbocycles. The van der Waals surface area contributed by atoms with Gasteiger partial charge in [0.15, 0.2) is 35.7 Å². The van der Waals surface area contributed by atoms with Crippen LogP contribution in [0, 0.1) is 5.92 Å². The highest BCUT2D eigenvalue weighted by atomic mass is 16.6. The minimum absolute atomic E-state index is 0.000242. The number of carbonyl (C=O) groups is 4. The number of carbonyl (C=O) groups excluding carboxylic acids is 4. The Morgan fingerprint density at radius 2 is 1.19 bits per heavy atom. The number of aromatic nitrogens is 4. The zero-order valence-corrected chi connectivity index (χ0v) is 43.5. The first-order valence-corrected chi connectivity index (χ1v) is 27.4. The van der Waals surface area contributed by atoms with Crippen molar-refractivity contribution in [2.24, 2.45) is 11.7 Å². The summed E-state index contributed by atoms with van der Waals surface area (Å²) in [6.07, 6.45) is 27.4. The molecule has 3 heterocycles. The third-order valence-electron chi connectivity index (χ3n) is 13.1. The van der Waals surface area contributed by atoms with Crippen LogP contribution in [0.5, 0.6) is 0 Å². The molecule has 69 heavy (non-hydrogen) atoms. The quantitative estimate of drug-likeness (QED) is 0.0277. The molecule has 2 aromatic heterocycles. The van der Waals surface area contributed by atoms with Crippen LogP contribution in [0.4, 0.5) is 5.95 Å². The van der Waals surface area contributed by atoms with Gasteiger partial charge < -0.3 is 35.3 Å². The minimum Gasteiger partial charge on any atom is -0.467 e. The molecule has 1 amide bonds. The maximum atomic E-state index is 14.4. The van der Waals surface area contributed by atoms with Crippen LogP contribution in [0.15, 0.2) is 11.1 Å². The van der Waals surface area contributed by atoms with Crippen LogP contribution in [0.25, 0.3) is 11.2 Å². The monoisotopic (exact) mass is 972 g/mol. The van der Waals surface area contributed by atoms with Gasteiger partial charge in [0.05, 0.1) is 13.4 Å². The van der Waals surface area contributed by atoms with Crippen molar-refractivity contribution < 1.29 is 38.1 Å². The Hall–Kier alpha value is -4.05. The fourth-order valence-electron chi connectivity index (χ4n) is 8.96. The van der Waals surface area contributed by atoms with Gasteiger partial charge >= 0.3 is 17.9 Å². The number of hydrogen-bond acceptors (Lipinski definition) is 13. The van der Waals surface area contributed by atoms with Crippen molar-refractivity contribution in [3.05, 3.63) is 16.7 Å². The molecular weight excluding hydrogens is 879 g/mol. The maximum Gasteiger partial charge on any atom is 0.328 e. The third-order valence-corrected chi connectivity index (χ3v) is 13.1. The topological polar surface area (TPSA) is 219 Å². The number of nitrogens with two attached hydrogens (primary N) is 1. The summed E-state index contributed by atoms with van der Waals surface area (Å²) in [5.41, 5.74) is 5.33. The molecule has 0 unspecified atom stereocenters. The van der Waals surface area contributed by atoms with Crippen molar-refractivity contribution in [1.29, 1.82) is 0 Å². The van der Waals surface area contributed by atoms with Gasteiger partial charge in [0.25, 0.3) is 11.5 Å². The Bertz CT molecular complexity index is 1780. The molecule has 3 rings (SSSR count). The molecule has 2 aromatic rings. The number of anilines is 1. The van der Waals surface area contributed by atoms with E-state index in [2.05, 4.69) is 39.4 Å². The number of unbranched alkanes of at least 4 members (excludes halogenated alkanes) is 25. The van der Waals surface area contributed by atoms with Gasteiger partial charge in [-0.25, -0.2) is 9.78 Å². The van der Waals surface area contributed by atoms with E-state index in [1.165, 1.54) is 134 Å². The molecule has 5 atom stereocenters. The van der Waals surface area contributed by atoms with Crippen LogP contribution < -0.4 is 21.9 Å². The number of fused-ring (bicyclic) bond motifs is 1. The van der Waals surface area contributed by atoms with E-state index < -0.39 is 60.0 Å². The molecule has 16 nitrogen and oxygen atoms in total. The standard InChI is InChI=1S/C53H93N7O9/c1-6-8-10-12-14-16-18-20-22-24-26-28-30-35-42(61)67-45-46(50(64)57-41(52(65)66-5)34-32-33-37-54)69-51(60-39-56-44-48(60)58-53(59-49(44)63)55-38-40(3)4)47(45)68-43(62)36-31-29-27-25-23-21-19-17-15-13-11-9-7-2/h39-41,45-47,51H,6-38,54H2,1-5H3,(H,57,64)(H2,55,58,59,63)/t41-,45+,46-,47+,51+/m0/s1. The number of methoxy groups -OCH3 is 1. The van der Waals surface area contributed by atoms with Crippen LogP contribution in [-0.2, 0) is 38.1 Å². The van der Waals surface area contributed by atoms with E-state index in [4.69, 9.17) is 24.7 Å². The normalized spacial score (nSPS) is 17.3. The number of nitrogens with one attached hydrogen (secondary N) is 3. The summed E-state index contributed by atoms with van der Waals surface area (Å²) in [4.78, 5) is 79.8. The molecule has 5 N–H and O–H groups in total. The van der Waals surface area contributed by atoms with Crippen LogP contribution in [-0.4, -0.2) is 87.9 Å². The summed E-state index contributed by atoms with van der Waals surface area (Å²) in [5, 5.41) is 5.89. The second-order valence-corrected chi connectivity index (χ2v) is 19.7. The zero-order valence-electron chi connectivity index (χ0n) is 43.5. The molecule has 1 fully saturated rings. The number of ether oxygens (including phenoxy) is 4. The predicted octanol–water partition coefficient (Wildman–Crippen LogP) is 10.7. The Kier molecular flexibility index (Phi) is 30.9. The molecule has 0 radical (unpaired) electrons. The number of hydrogen-bond donors (Lipinski definition) is 4. The summed E-state index contributed by atoms with van der Waals surface area (Å²) in [6.45, 7) is 9.45. The largest absolute Gasteiger partial charge is 0.467 e. The lowest BCUT2D eigenvalue weighted by Gasteiger charge is -2.25. The number of imidazole rings is 1. The lowest BCUT2D eigenvalue weighted by molar-refractivity contribution is -0.169. The Morgan fingerprint density at radius 3 is 1.65 bits per heavy atom. The second-order valence-electron chi connectivity index (χ2n) is 19.7. The summed E-state index contributed by atoms with van der Waals surface area (Å²) < 4.78 is 25.3. The maximum absolute atomic E-state index is 14.4. The highest BCUT2D eigenvalue weighted by Crippen LogP contribution is 2.36.